The van der Waals surface area contributed by atoms with E-state index in [4.69, 9.17) is 9.47 Å². The number of ether oxygens (including phenoxy) is 2. The number of rotatable bonds is 3. The second kappa shape index (κ2) is 6.34. The quantitative estimate of drug-likeness (QED) is 0.859. The molecule has 2 saturated heterocycles. The Bertz CT molecular complexity index is 548. The molecule has 0 saturated carbocycles. The number of carbonyl (C=O) groups excluding carboxylic acids is 1. The average molecular weight is 304 g/mol. The van der Waals surface area contributed by atoms with Crippen LogP contribution in [0.2, 0.25) is 0 Å². The van der Waals surface area contributed by atoms with Gasteiger partial charge >= 0.3 is 0 Å². The topological polar surface area (TPSA) is 51.7 Å². The third-order valence-corrected chi connectivity index (χ3v) is 4.51. The number of aromatic nitrogens is 1. The highest BCUT2D eigenvalue weighted by molar-refractivity contribution is 5.92. The first-order valence-corrected chi connectivity index (χ1v) is 8.10. The van der Waals surface area contributed by atoms with Crippen LogP contribution in [-0.2, 0) is 9.47 Å². The van der Waals surface area contributed by atoms with Gasteiger partial charge in [0.2, 0.25) is 0 Å². The van der Waals surface area contributed by atoms with Crippen LogP contribution in [0.1, 0.15) is 42.4 Å². The molecule has 0 aliphatic carbocycles. The van der Waals surface area contributed by atoms with Gasteiger partial charge in [0, 0.05) is 25.3 Å². The SMILES string of the molecule is CCO[C@H]1CO[C@@]2(CCCN(C(=O)c3cccc(C)n3)C2)C1. The fraction of sp³-hybridized carbons (Fsp3) is 0.647. The van der Waals surface area contributed by atoms with Crippen LogP contribution < -0.4 is 0 Å². The molecule has 0 bridgehead atoms. The molecule has 22 heavy (non-hydrogen) atoms. The summed E-state index contributed by atoms with van der Waals surface area (Å²) in [5, 5.41) is 0. The molecule has 5 heteroatoms. The maximum absolute atomic E-state index is 12.7. The molecule has 2 fully saturated rings. The third-order valence-electron chi connectivity index (χ3n) is 4.51. The van der Waals surface area contributed by atoms with E-state index in [0.717, 1.165) is 31.5 Å². The minimum absolute atomic E-state index is 0.00577. The fourth-order valence-corrected chi connectivity index (χ4v) is 3.53. The smallest absolute Gasteiger partial charge is 0.272 e. The number of amides is 1. The maximum atomic E-state index is 12.7. The van der Waals surface area contributed by atoms with Crippen LogP contribution in [0.5, 0.6) is 0 Å². The number of piperidine rings is 1. The van der Waals surface area contributed by atoms with Gasteiger partial charge in [0.05, 0.1) is 24.9 Å². The van der Waals surface area contributed by atoms with Crippen molar-refractivity contribution in [3.8, 4) is 0 Å². The second-order valence-corrected chi connectivity index (χ2v) is 6.27. The number of hydrogen-bond acceptors (Lipinski definition) is 4. The van der Waals surface area contributed by atoms with Gasteiger partial charge in [-0.2, -0.15) is 0 Å². The van der Waals surface area contributed by atoms with Gasteiger partial charge < -0.3 is 14.4 Å². The summed E-state index contributed by atoms with van der Waals surface area (Å²) >= 11 is 0. The van der Waals surface area contributed by atoms with Gasteiger partial charge in [0.25, 0.3) is 5.91 Å². The Balaban J connectivity index is 1.69. The van der Waals surface area contributed by atoms with Gasteiger partial charge in [-0.05, 0) is 38.8 Å². The molecule has 1 aromatic rings. The first kappa shape index (κ1) is 15.4. The minimum atomic E-state index is -0.225. The summed E-state index contributed by atoms with van der Waals surface area (Å²) < 4.78 is 11.7. The van der Waals surface area contributed by atoms with Crippen molar-refractivity contribution in [2.24, 2.45) is 0 Å². The Hall–Kier alpha value is -1.46. The van der Waals surface area contributed by atoms with Crippen LogP contribution in [-0.4, -0.2) is 53.8 Å². The number of nitrogens with zero attached hydrogens (tertiary/aromatic N) is 2. The normalized spacial score (nSPS) is 28.3. The average Bonchev–Trinajstić information content (AvgIpc) is 2.89. The van der Waals surface area contributed by atoms with E-state index in [1.807, 2.05) is 30.9 Å². The molecular formula is C17H24N2O3. The molecule has 5 nitrogen and oxygen atoms in total. The molecule has 3 rings (SSSR count). The Labute approximate surface area is 131 Å². The standard InChI is InChI=1S/C17H24N2O3/c1-3-21-14-10-17(22-11-14)8-5-9-19(12-17)16(20)15-7-4-6-13(2)18-15/h4,6-7,14H,3,5,8-12H2,1-2H3/t14-,17+/m1/s1. The molecule has 3 heterocycles. The molecule has 2 aliphatic heterocycles. The Morgan fingerprint density at radius 1 is 1.55 bits per heavy atom. The molecule has 1 amide bonds. The minimum Gasteiger partial charge on any atom is -0.376 e. The third kappa shape index (κ3) is 3.15. The van der Waals surface area contributed by atoms with Crippen LogP contribution in [0, 0.1) is 6.92 Å². The zero-order valence-corrected chi connectivity index (χ0v) is 13.4. The lowest BCUT2D eigenvalue weighted by Gasteiger charge is -2.39. The summed E-state index contributed by atoms with van der Waals surface area (Å²) in [6.45, 7) is 6.68. The number of aryl methyl sites for hydroxylation is 1. The maximum Gasteiger partial charge on any atom is 0.272 e. The lowest BCUT2D eigenvalue weighted by Crippen LogP contribution is -2.50. The Morgan fingerprint density at radius 3 is 3.18 bits per heavy atom. The number of pyridine rings is 1. The van der Waals surface area contributed by atoms with Crippen molar-refractivity contribution in [2.45, 2.75) is 44.8 Å². The van der Waals surface area contributed by atoms with E-state index in [9.17, 15) is 4.79 Å². The molecular weight excluding hydrogens is 280 g/mol. The summed E-state index contributed by atoms with van der Waals surface area (Å²) in [5.74, 6) is 0.00577. The molecule has 0 aromatic carbocycles. The Morgan fingerprint density at radius 2 is 2.41 bits per heavy atom. The van der Waals surface area contributed by atoms with Crippen LogP contribution >= 0.6 is 0 Å². The zero-order chi connectivity index (χ0) is 15.6. The molecule has 120 valence electrons. The van der Waals surface area contributed by atoms with E-state index in [-0.39, 0.29) is 17.6 Å². The molecule has 0 N–H and O–H groups in total. The molecule has 1 spiro atoms. The van der Waals surface area contributed by atoms with Crippen LogP contribution in [0.4, 0.5) is 0 Å². The second-order valence-electron chi connectivity index (χ2n) is 6.27. The van der Waals surface area contributed by atoms with Gasteiger partial charge in [0.15, 0.2) is 0 Å². The zero-order valence-electron chi connectivity index (χ0n) is 13.4. The molecule has 2 aliphatic rings. The van der Waals surface area contributed by atoms with Crippen LogP contribution in [0.15, 0.2) is 18.2 Å². The van der Waals surface area contributed by atoms with Gasteiger partial charge in [-0.3, -0.25) is 4.79 Å². The van der Waals surface area contributed by atoms with Gasteiger partial charge in [-0.1, -0.05) is 6.07 Å². The monoisotopic (exact) mass is 304 g/mol. The van der Waals surface area contributed by atoms with E-state index in [1.165, 1.54) is 0 Å². The largest absolute Gasteiger partial charge is 0.376 e. The van der Waals surface area contributed by atoms with E-state index in [0.29, 0.717) is 25.5 Å². The van der Waals surface area contributed by atoms with Crippen molar-refractivity contribution < 1.29 is 14.3 Å². The summed E-state index contributed by atoms with van der Waals surface area (Å²) in [6, 6.07) is 5.57. The van der Waals surface area contributed by atoms with Crippen LogP contribution in [0.3, 0.4) is 0 Å². The molecule has 0 unspecified atom stereocenters. The predicted octanol–water partition coefficient (Wildman–Crippen LogP) is 2.19. The highest BCUT2D eigenvalue weighted by Crippen LogP contribution is 2.36. The number of carbonyl (C=O) groups is 1. The summed E-state index contributed by atoms with van der Waals surface area (Å²) in [5.41, 5.74) is 1.17. The van der Waals surface area contributed by atoms with E-state index < -0.39 is 0 Å². The molecule has 1 aromatic heterocycles. The summed E-state index contributed by atoms with van der Waals surface area (Å²) in [6.07, 6.45) is 3.02. The van der Waals surface area contributed by atoms with E-state index in [2.05, 4.69) is 4.98 Å². The van der Waals surface area contributed by atoms with Gasteiger partial charge in [-0.25, -0.2) is 4.98 Å². The van der Waals surface area contributed by atoms with E-state index >= 15 is 0 Å². The van der Waals surface area contributed by atoms with Crippen LogP contribution in [0.25, 0.3) is 0 Å². The number of likely N-dealkylation sites (tertiary alicyclic amines) is 1. The first-order chi connectivity index (χ1) is 10.6. The predicted molar refractivity (Wildman–Crippen MR) is 82.8 cm³/mol. The van der Waals surface area contributed by atoms with Crippen molar-refractivity contribution >= 4 is 5.91 Å². The first-order valence-electron chi connectivity index (χ1n) is 8.10. The molecule has 0 radical (unpaired) electrons. The Kier molecular flexibility index (Phi) is 4.45. The highest BCUT2D eigenvalue weighted by Gasteiger charge is 2.45. The fourth-order valence-electron chi connectivity index (χ4n) is 3.53. The van der Waals surface area contributed by atoms with Crippen molar-refractivity contribution in [1.82, 2.24) is 9.88 Å². The summed E-state index contributed by atoms with van der Waals surface area (Å²) in [4.78, 5) is 18.9. The lowest BCUT2D eigenvalue weighted by molar-refractivity contribution is -0.0463. The van der Waals surface area contributed by atoms with Gasteiger partial charge in [-0.15, -0.1) is 0 Å². The van der Waals surface area contributed by atoms with Crippen molar-refractivity contribution in [3.63, 3.8) is 0 Å². The highest BCUT2D eigenvalue weighted by atomic mass is 16.6. The van der Waals surface area contributed by atoms with Gasteiger partial charge in [0.1, 0.15) is 5.69 Å². The van der Waals surface area contributed by atoms with Crippen molar-refractivity contribution in [1.29, 1.82) is 0 Å². The van der Waals surface area contributed by atoms with Crippen molar-refractivity contribution in [3.05, 3.63) is 29.6 Å². The number of hydrogen-bond donors (Lipinski definition) is 0. The summed E-state index contributed by atoms with van der Waals surface area (Å²) in [7, 11) is 0. The lowest BCUT2D eigenvalue weighted by atomic mass is 9.89. The molecule has 2 atom stereocenters. The van der Waals surface area contributed by atoms with E-state index in [1.54, 1.807) is 6.07 Å². The van der Waals surface area contributed by atoms with Crippen molar-refractivity contribution in [2.75, 3.05) is 26.3 Å².